The number of azide groups is 1. The molecule has 0 N–H and O–H groups in total. The number of carbonyl (C=O) groups excluding carboxylic acids is 1. The largest absolute Gasteiger partial charge is 0.288 e. The number of rotatable bonds is 10. The number of thioether (sulfide) groups is 3. The normalized spacial score (nSPS) is 9.91. The van der Waals surface area contributed by atoms with E-state index in [4.69, 9.17) is 5.53 Å². The first-order valence-corrected chi connectivity index (χ1v) is 10.2. The number of hydrogen-bond acceptors (Lipinski definition) is 5. The predicted molar refractivity (Wildman–Crippen MR) is 101 cm³/mol. The summed E-state index contributed by atoms with van der Waals surface area (Å²) >= 11 is 4.81. The van der Waals surface area contributed by atoms with Crippen molar-refractivity contribution in [2.75, 3.05) is 24.8 Å². The van der Waals surface area contributed by atoms with Crippen LogP contribution in [0.15, 0.2) is 44.6 Å². The molecule has 0 bridgehead atoms. The molecule has 4 nitrogen and oxygen atoms in total. The average Bonchev–Trinajstić information content (AvgIpc) is 2.57. The highest BCUT2D eigenvalue weighted by molar-refractivity contribution is 8.22. The quantitative estimate of drug-likeness (QED) is 0.137. The van der Waals surface area contributed by atoms with Gasteiger partial charge in [-0.2, -0.15) is 0 Å². The fraction of sp³-hybridized carbons (Fsp3) is 0.400. The molecule has 1 aromatic rings. The number of benzene rings is 1. The maximum atomic E-state index is 12.7. The van der Waals surface area contributed by atoms with E-state index < -0.39 is 0 Å². The predicted octanol–water partition coefficient (Wildman–Crippen LogP) is 5.59. The highest BCUT2D eigenvalue weighted by atomic mass is 32.2. The summed E-state index contributed by atoms with van der Waals surface area (Å²) in [5, 5.41) is 3.52. The minimum absolute atomic E-state index is 0.0827. The van der Waals surface area contributed by atoms with Gasteiger partial charge in [0.05, 0.1) is 9.14 Å². The molecule has 0 aliphatic carbocycles. The zero-order chi connectivity index (χ0) is 16.2. The van der Waals surface area contributed by atoms with Gasteiger partial charge in [0.15, 0.2) is 0 Å². The summed E-state index contributed by atoms with van der Waals surface area (Å²) in [5.41, 5.74) is 8.96. The van der Waals surface area contributed by atoms with Gasteiger partial charge in [-0.1, -0.05) is 35.4 Å². The van der Waals surface area contributed by atoms with Crippen molar-refractivity contribution in [1.82, 2.24) is 0 Å². The lowest BCUT2D eigenvalue weighted by Gasteiger charge is -2.11. The van der Waals surface area contributed by atoms with Crippen molar-refractivity contribution >= 4 is 41.1 Å². The lowest BCUT2D eigenvalue weighted by atomic mass is 10.1. The van der Waals surface area contributed by atoms with Crippen molar-refractivity contribution in [2.24, 2.45) is 5.11 Å². The lowest BCUT2D eigenvalue weighted by Crippen LogP contribution is -2.03. The second-order valence-corrected chi connectivity index (χ2v) is 7.23. The van der Waals surface area contributed by atoms with Crippen LogP contribution in [0.5, 0.6) is 0 Å². The lowest BCUT2D eigenvalue weighted by molar-refractivity contribution is 0.104. The zero-order valence-corrected chi connectivity index (χ0v) is 15.1. The zero-order valence-electron chi connectivity index (χ0n) is 12.7. The summed E-state index contributed by atoms with van der Waals surface area (Å²) in [5.74, 6) is 0.929. The van der Waals surface area contributed by atoms with E-state index in [1.807, 2.05) is 42.8 Å². The van der Waals surface area contributed by atoms with E-state index in [2.05, 4.69) is 10.0 Å². The summed E-state index contributed by atoms with van der Waals surface area (Å²) in [6.07, 6.45) is 5.75. The van der Waals surface area contributed by atoms with E-state index >= 15 is 0 Å². The Morgan fingerprint density at radius 1 is 1.18 bits per heavy atom. The van der Waals surface area contributed by atoms with Gasteiger partial charge in [-0.15, -0.1) is 35.3 Å². The van der Waals surface area contributed by atoms with Crippen LogP contribution < -0.4 is 0 Å². The van der Waals surface area contributed by atoms with Crippen LogP contribution in [0.1, 0.15) is 23.2 Å². The van der Waals surface area contributed by atoms with E-state index in [0.717, 1.165) is 33.3 Å². The minimum atomic E-state index is 0.0827. The van der Waals surface area contributed by atoms with Gasteiger partial charge in [-0.3, -0.25) is 4.79 Å². The smallest absolute Gasteiger partial charge is 0.201 e. The third-order valence-corrected chi connectivity index (χ3v) is 6.34. The molecule has 1 rings (SSSR count). The molecule has 0 radical (unpaired) electrons. The summed E-state index contributed by atoms with van der Waals surface area (Å²) < 4.78 is 1.05. The number of hydrogen-bond donors (Lipinski definition) is 0. The fourth-order valence-electron chi connectivity index (χ4n) is 1.71. The van der Waals surface area contributed by atoms with Crippen molar-refractivity contribution in [1.29, 1.82) is 0 Å². The number of allylic oxidation sites excluding steroid dienone is 1. The molecule has 22 heavy (non-hydrogen) atoms. The van der Waals surface area contributed by atoms with Gasteiger partial charge in [-0.25, -0.2) is 0 Å². The van der Waals surface area contributed by atoms with Gasteiger partial charge < -0.3 is 0 Å². The first-order valence-electron chi connectivity index (χ1n) is 6.80. The van der Waals surface area contributed by atoms with Crippen LogP contribution >= 0.6 is 35.3 Å². The second-order valence-electron chi connectivity index (χ2n) is 4.23. The number of Topliss-reactive ketones (excluding diaryl/α,β-unsaturated/α-hetero) is 1. The summed E-state index contributed by atoms with van der Waals surface area (Å²) in [6, 6.07) is 9.37. The third-order valence-electron chi connectivity index (χ3n) is 2.76. The van der Waals surface area contributed by atoms with Gasteiger partial charge in [-0.05, 0) is 36.6 Å². The Morgan fingerprint density at radius 2 is 1.86 bits per heavy atom. The van der Waals surface area contributed by atoms with Gasteiger partial charge in [0.1, 0.15) is 0 Å². The van der Waals surface area contributed by atoms with Gasteiger partial charge >= 0.3 is 0 Å². The molecule has 0 spiro atoms. The molecule has 1 aromatic carbocycles. The van der Waals surface area contributed by atoms with Crippen LogP contribution in [0.3, 0.4) is 0 Å². The first kappa shape index (κ1) is 19.0. The molecule has 0 amide bonds. The van der Waals surface area contributed by atoms with Crippen LogP contribution in [0.2, 0.25) is 0 Å². The fourth-order valence-corrected chi connectivity index (χ4v) is 4.71. The SMILES string of the molecule is CSC(SC)=C(SCCCCN=[N+]=[N-])C(=O)c1ccccc1. The Morgan fingerprint density at radius 3 is 2.45 bits per heavy atom. The van der Waals surface area contributed by atoms with Crippen molar-refractivity contribution in [2.45, 2.75) is 12.8 Å². The number of nitrogens with zero attached hydrogens (tertiary/aromatic N) is 3. The highest BCUT2D eigenvalue weighted by Crippen LogP contribution is 2.35. The van der Waals surface area contributed by atoms with Crippen LogP contribution in [0.25, 0.3) is 10.4 Å². The van der Waals surface area contributed by atoms with Crippen molar-refractivity contribution < 1.29 is 4.79 Å². The molecule has 0 atom stereocenters. The van der Waals surface area contributed by atoms with Crippen molar-refractivity contribution in [3.05, 3.63) is 55.5 Å². The van der Waals surface area contributed by atoms with Crippen LogP contribution in [-0.2, 0) is 0 Å². The van der Waals surface area contributed by atoms with E-state index in [0.29, 0.717) is 6.54 Å². The summed E-state index contributed by atoms with van der Waals surface area (Å²) in [7, 11) is 0. The van der Waals surface area contributed by atoms with E-state index in [9.17, 15) is 4.79 Å². The molecule has 0 unspecified atom stereocenters. The molecule has 0 aromatic heterocycles. The third kappa shape index (κ3) is 6.40. The Bertz CT molecular complexity index is 548. The molecule has 0 saturated carbocycles. The second kappa shape index (κ2) is 11.5. The number of carbonyl (C=O) groups is 1. The number of ketones is 1. The molecular formula is C15H19N3OS3. The Hall–Kier alpha value is -1.01. The summed E-state index contributed by atoms with van der Waals surface area (Å²) in [4.78, 5) is 16.3. The Balaban J connectivity index is 2.75. The van der Waals surface area contributed by atoms with Crippen molar-refractivity contribution in [3.8, 4) is 0 Å². The van der Waals surface area contributed by atoms with E-state index in [1.54, 1.807) is 35.3 Å². The molecule has 0 fully saturated rings. The molecule has 0 aliphatic heterocycles. The maximum Gasteiger partial charge on any atom is 0.201 e. The molecule has 0 aliphatic rings. The van der Waals surface area contributed by atoms with Gasteiger partial charge in [0.25, 0.3) is 0 Å². The Kier molecular flexibility index (Phi) is 9.99. The van der Waals surface area contributed by atoms with Gasteiger partial charge in [0.2, 0.25) is 5.78 Å². The molecule has 0 heterocycles. The monoisotopic (exact) mass is 353 g/mol. The van der Waals surface area contributed by atoms with Crippen LogP contribution in [0, 0.1) is 0 Å². The summed E-state index contributed by atoms with van der Waals surface area (Å²) in [6.45, 7) is 0.515. The molecular weight excluding hydrogens is 334 g/mol. The van der Waals surface area contributed by atoms with Crippen LogP contribution in [0.4, 0.5) is 0 Å². The topological polar surface area (TPSA) is 65.8 Å². The Labute approximate surface area is 144 Å². The first-order chi connectivity index (χ1) is 10.7. The van der Waals surface area contributed by atoms with Gasteiger partial charge in [0, 0.05) is 17.0 Å². The highest BCUT2D eigenvalue weighted by Gasteiger charge is 2.17. The average molecular weight is 354 g/mol. The molecule has 7 heteroatoms. The minimum Gasteiger partial charge on any atom is -0.288 e. The van der Waals surface area contributed by atoms with Crippen molar-refractivity contribution in [3.63, 3.8) is 0 Å². The van der Waals surface area contributed by atoms with E-state index in [1.165, 1.54) is 0 Å². The van der Waals surface area contributed by atoms with Crippen LogP contribution in [-0.4, -0.2) is 30.6 Å². The molecule has 0 saturated heterocycles. The molecule has 118 valence electrons. The van der Waals surface area contributed by atoms with E-state index in [-0.39, 0.29) is 5.78 Å². The maximum absolute atomic E-state index is 12.7. The number of unbranched alkanes of at least 4 members (excludes halogenated alkanes) is 1. The standard InChI is InChI=1S/C15H19N3OS3/c1-20-15(21-2)14(22-11-7-6-10-17-18-16)13(19)12-8-4-3-5-9-12/h3-5,8-9H,6-7,10-11H2,1-2H3.